The van der Waals surface area contributed by atoms with Crippen molar-refractivity contribution < 1.29 is 4.79 Å². The maximum absolute atomic E-state index is 12.5. The molecule has 0 unspecified atom stereocenters. The molecule has 0 saturated carbocycles. The Kier molecular flexibility index (Phi) is 3.31. The molecule has 1 amide bonds. The molecule has 7 nitrogen and oxygen atoms in total. The van der Waals surface area contributed by atoms with Crippen LogP contribution in [0.1, 0.15) is 16.2 Å². The first-order valence-electron chi connectivity index (χ1n) is 7.41. The van der Waals surface area contributed by atoms with E-state index in [9.17, 15) is 9.59 Å². The zero-order valence-corrected chi connectivity index (χ0v) is 12.6. The number of benzene rings is 1. The van der Waals surface area contributed by atoms with E-state index in [1.54, 1.807) is 16.5 Å². The third-order valence-electron chi connectivity index (χ3n) is 3.79. The molecule has 0 spiro atoms. The van der Waals surface area contributed by atoms with Gasteiger partial charge < -0.3 is 10.3 Å². The summed E-state index contributed by atoms with van der Waals surface area (Å²) in [6.07, 6.45) is 1.83. The second kappa shape index (κ2) is 5.62. The number of aromatic amines is 1. The first-order chi connectivity index (χ1) is 11.7. The zero-order valence-electron chi connectivity index (χ0n) is 12.6. The van der Waals surface area contributed by atoms with Crippen LogP contribution >= 0.6 is 0 Å². The van der Waals surface area contributed by atoms with Gasteiger partial charge in [0.15, 0.2) is 11.5 Å². The van der Waals surface area contributed by atoms with E-state index in [4.69, 9.17) is 0 Å². The summed E-state index contributed by atoms with van der Waals surface area (Å²) >= 11 is 0. The van der Waals surface area contributed by atoms with E-state index in [1.807, 2.05) is 36.5 Å². The predicted molar refractivity (Wildman–Crippen MR) is 88.7 cm³/mol. The van der Waals surface area contributed by atoms with Crippen LogP contribution in [-0.4, -0.2) is 25.5 Å². The van der Waals surface area contributed by atoms with Crippen molar-refractivity contribution in [2.45, 2.75) is 6.54 Å². The van der Waals surface area contributed by atoms with Crippen molar-refractivity contribution in [3.63, 3.8) is 0 Å². The molecule has 0 aliphatic carbocycles. The van der Waals surface area contributed by atoms with Gasteiger partial charge >= 0.3 is 0 Å². The largest absolute Gasteiger partial charge is 0.345 e. The normalized spacial score (nSPS) is 11.0. The number of nitrogens with one attached hydrogen (secondary N) is 2. The van der Waals surface area contributed by atoms with Gasteiger partial charge in [-0.1, -0.05) is 24.3 Å². The van der Waals surface area contributed by atoms with Crippen LogP contribution in [0.25, 0.3) is 16.6 Å². The van der Waals surface area contributed by atoms with Gasteiger partial charge in [0.1, 0.15) is 0 Å². The summed E-state index contributed by atoms with van der Waals surface area (Å²) in [5, 5.41) is 11.6. The lowest BCUT2D eigenvalue weighted by atomic mass is 10.1. The Morgan fingerprint density at radius 1 is 1.12 bits per heavy atom. The standard InChI is InChI=1S/C17H13N5O2/c23-16-9-12(11-5-1-2-6-13(11)19-16)17(24)18-10-15-21-20-14-7-3-4-8-22(14)15/h1-9H,10H2,(H,18,24)(H,19,23). The lowest BCUT2D eigenvalue weighted by Gasteiger charge is -2.07. The highest BCUT2D eigenvalue weighted by atomic mass is 16.2. The summed E-state index contributed by atoms with van der Waals surface area (Å²) in [6.45, 7) is 0.213. The van der Waals surface area contributed by atoms with Crippen LogP contribution in [0.4, 0.5) is 0 Å². The van der Waals surface area contributed by atoms with Gasteiger partial charge in [-0.15, -0.1) is 10.2 Å². The van der Waals surface area contributed by atoms with Crippen molar-refractivity contribution >= 4 is 22.5 Å². The van der Waals surface area contributed by atoms with Crippen molar-refractivity contribution in [2.75, 3.05) is 0 Å². The fourth-order valence-corrected chi connectivity index (χ4v) is 2.66. The fraction of sp³-hybridized carbons (Fsp3) is 0.0588. The predicted octanol–water partition coefficient (Wildman–Crippen LogP) is 1.50. The number of amides is 1. The first-order valence-corrected chi connectivity index (χ1v) is 7.41. The van der Waals surface area contributed by atoms with Gasteiger partial charge in [-0.05, 0) is 18.2 Å². The van der Waals surface area contributed by atoms with Gasteiger partial charge in [-0.2, -0.15) is 0 Å². The number of carbonyl (C=O) groups excluding carboxylic acids is 1. The monoisotopic (exact) mass is 319 g/mol. The summed E-state index contributed by atoms with van der Waals surface area (Å²) in [4.78, 5) is 27.0. The molecule has 24 heavy (non-hydrogen) atoms. The molecule has 4 rings (SSSR count). The second-order valence-corrected chi connectivity index (χ2v) is 5.32. The van der Waals surface area contributed by atoms with Gasteiger partial charge in [-0.3, -0.25) is 14.0 Å². The van der Waals surface area contributed by atoms with Crippen molar-refractivity contribution in [3.8, 4) is 0 Å². The summed E-state index contributed by atoms with van der Waals surface area (Å²) in [6, 6.07) is 14.1. The Labute approximate surface area is 136 Å². The van der Waals surface area contributed by atoms with E-state index in [0.717, 1.165) is 0 Å². The molecule has 3 heterocycles. The van der Waals surface area contributed by atoms with E-state index < -0.39 is 0 Å². The van der Waals surface area contributed by atoms with Gasteiger partial charge in [0.05, 0.1) is 12.1 Å². The molecular weight excluding hydrogens is 306 g/mol. The van der Waals surface area contributed by atoms with Crippen LogP contribution in [0, 0.1) is 0 Å². The SMILES string of the molecule is O=C(NCc1nnc2ccccn12)c1cc(=O)[nH]c2ccccc12. The molecule has 0 fully saturated rings. The quantitative estimate of drug-likeness (QED) is 0.598. The topological polar surface area (TPSA) is 92.2 Å². The highest BCUT2D eigenvalue weighted by molar-refractivity contribution is 6.05. The van der Waals surface area contributed by atoms with Gasteiger partial charge in [-0.25, -0.2) is 0 Å². The molecule has 1 aromatic carbocycles. The number of hydrogen-bond donors (Lipinski definition) is 2. The third-order valence-corrected chi connectivity index (χ3v) is 3.79. The molecule has 0 bridgehead atoms. The van der Waals surface area contributed by atoms with Crippen LogP contribution in [0.15, 0.2) is 59.5 Å². The van der Waals surface area contributed by atoms with E-state index >= 15 is 0 Å². The Bertz CT molecular complexity index is 1110. The number of nitrogens with zero attached hydrogens (tertiary/aromatic N) is 3. The Hall–Kier alpha value is -3.48. The lowest BCUT2D eigenvalue weighted by Crippen LogP contribution is -2.25. The molecular formula is C17H13N5O2. The third kappa shape index (κ3) is 2.41. The van der Waals surface area contributed by atoms with Gasteiger partial charge in [0, 0.05) is 23.2 Å². The van der Waals surface area contributed by atoms with Gasteiger partial charge in [0.25, 0.3) is 5.91 Å². The Morgan fingerprint density at radius 3 is 2.88 bits per heavy atom. The van der Waals surface area contributed by atoms with Crippen molar-refractivity contribution in [1.82, 2.24) is 24.9 Å². The summed E-state index contributed by atoms with van der Waals surface area (Å²) in [5.41, 5.74) is 1.36. The first kappa shape index (κ1) is 14.1. The minimum atomic E-state index is -0.329. The van der Waals surface area contributed by atoms with E-state index in [1.165, 1.54) is 6.07 Å². The molecule has 7 heteroatoms. The average molecular weight is 319 g/mol. The second-order valence-electron chi connectivity index (χ2n) is 5.32. The Morgan fingerprint density at radius 2 is 1.96 bits per heavy atom. The van der Waals surface area contributed by atoms with E-state index in [-0.39, 0.29) is 18.0 Å². The highest BCUT2D eigenvalue weighted by Gasteiger charge is 2.13. The molecule has 4 aromatic rings. The number of rotatable bonds is 3. The number of aromatic nitrogens is 4. The minimum absolute atomic E-state index is 0.213. The smallest absolute Gasteiger partial charge is 0.252 e. The lowest BCUT2D eigenvalue weighted by molar-refractivity contribution is 0.0951. The fourth-order valence-electron chi connectivity index (χ4n) is 2.66. The molecule has 0 saturated heterocycles. The average Bonchev–Trinajstić information content (AvgIpc) is 3.02. The molecule has 118 valence electrons. The maximum atomic E-state index is 12.5. The molecule has 2 N–H and O–H groups in total. The number of fused-ring (bicyclic) bond motifs is 2. The Balaban J connectivity index is 1.64. The molecule has 0 aliphatic heterocycles. The number of H-pyrrole nitrogens is 1. The van der Waals surface area contributed by atoms with Crippen LogP contribution < -0.4 is 10.9 Å². The van der Waals surface area contributed by atoms with Crippen molar-refractivity contribution in [1.29, 1.82) is 0 Å². The zero-order chi connectivity index (χ0) is 16.5. The summed E-state index contributed by atoms with van der Waals surface area (Å²) < 4.78 is 1.80. The summed E-state index contributed by atoms with van der Waals surface area (Å²) in [5.74, 6) is 0.290. The number of carbonyl (C=O) groups is 1. The highest BCUT2D eigenvalue weighted by Crippen LogP contribution is 2.14. The van der Waals surface area contributed by atoms with Crippen LogP contribution in [0.2, 0.25) is 0 Å². The molecule has 0 atom stereocenters. The van der Waals surface area contributed by atoms with Gasteiger partial charge in [0.2, 0.25) is 5.56 Å². The molecule has 0 aliphatic rings. The van der Waals surface area contributed by atoms with E-state index in [2.05, 4.69) is 20.5 Å². The van der Waals surface area contributed by atoms with E-state index in [0.29, 0.717) is 27.9 Å². The van der Waals surface area contributed by atoms with Crippen LogP contribution in [0.3, 0.4) is 0 Å². The maximum Gasteiger partial charge on any atom is 0.252 e. The van der Waals surface area contributed by atoms with Crippen molar-refractivity contribution in [3.05, 3.63) is 76.5 Å². The number of hydrogen-bond acceptors (Lipinski definition) is 4. The van der Waals surface area contributed by atoms with Crippen molar-refractivity contribution in [2.24, 2.45) is 0 Å². The van der Waals surface area contributed by atoms with Crippen LogP contribution in [0.5, 0.6) is 0 Å². The minimum Gasteiger partial charge on any atom is -0.345 e. The number of para-hydroxylation sites is 1. The summed E-state index contributed by atoms with van der Waals surface area (Å²) in [7, 11) is 0. The molecule has 0 radical (unpaired) electrons. The van der Waals surface area contributed by atoms with Crippen LogP contribution in [-0.2, 0) is 6.54 Å². The molecule has 3 aromatic heterocycles. The number of pyridine rings is 2.